The minimum atomic E-state index is -0.244. The first kappa shape index (κ1) is 12.1. The van der Waals surface area contributed by atoms with Crippen LogP contribution in [0.5, 0.6) is 0 Å². The Balaban J connectivity index is 2.17. The van der Waals surface area contributed by atoms with E-state index < -0.39 is 0 Å². The molecule has 0 bridgehead atoms. The largest absolute Gasteiger partial charge is 0.392 e. The molecule has 1 N–H and O–H groups in total. The number of hydrogen-bond donors (Lipinski definition) is 1. The van der Waals surface area contributed by atoms with Gasteiger partial charge < -0.3 is 5.11 Å². The Kier molecular flexibility index (Phi) is 4.10. The van der Waals surface area contributed by atoms with Crippen molar-refractivity contribution in [2.45, 2.75) is 19.3 Å². The van der Waals surface area contributed by atoms with E-state index in [1.54, 1.807) is 12.1 Å². The molecular formula is C15H17FO. The average Bonchev–Trinajstić information content (AvgIpc) is 2.38. The molecule has 1 aromatic rings. The maximum atomic E-state index is 12.8. The van der Waals surface area contributed by atoms with Crippen molar-refractivity contribution in [1.29, 1.82) is 0 Å². The van der Waals surface area contributed by atoms with Gasteiger partial charge in [-0.15, -0.1) is 0 Å². The minimum absolute atomic E-state index is 0.00580. The summed E-state index contributed by atoms with van der Waals surface area (Å²) in [6.45, 7) is 0.00580. The summed E-state index contributed by atoms with van der Waals surface area (Å²) >= 11 is 0. The number of rotatable bonds is 3. The summed E-state index contributed by atoms with van der Waals surface area (Å²) in [6.07, 6.45) is 9.76. The Morgan fingerprint density at radius 2 is 2.06 bits per heavy atom. The van der Waals surface area contributed by atoms with Crippen LogP contribution in [-0.2, 0) is 0 Å². The van der Waals surface area contributed by atoms with Gasteiger partial charge >= 0.3 is 0 Å². The van der Waals surface area contributed by atoms with Crippen molar-refractivity contribution in [1.82, 2.24) is 0 Å². The highest BCUT2D eigenvalue weighted by Crippen LogP contribution is 2.24. The second-order valence-electron chi connectivity index (χ2n) is 4.40. The Hall–Kier alpha value is -1.41. The van der Waals surface area contributed by atoms with Crippen molar-refractivity contribution in [2.24, 2.45) is 5.92 Å². The van der Waals surface area contributed by atoms with Crippen LogP contribution in [0.15, 0.2) is 42.5 Å². The molecule has 1 aromatic carbocycles. The Bertz CT molecular complexity index is 417. The van der Waals surface area contributed by atoms with Crippen molar-refractivity contribution in [3.63, 3.8) is 0 Å². The molecule has 0 saturated heterocycles. The zero-order valence-electron chi connectivity index (χ0n) is 9.77. The lowest BCUT2D eigenvalue weighted by Crippen LogP contribution is -2.01. The molecule has 1 unspecified atom stereocenters. The molecule has 0 radical (unpaired) electrons. The van der Waals surface area contributed by atoms with Gasteiger partial charge in [-0.05, 0) is 48.4 Å². The fourth-order valence-electron chi connectivity index (χ4n) is 2.16. The first-order chi connectivity index (χ1) is 8.29. The molecular weight excluding hydrogens is 215 g/mol. The maximum Gasteiger partial charge on any atom is 0.123 e. The molecule has 1 atom stereocenters. The lowest BCUT2D eigenvalue weighted by atomic mass is 9.91. The van der Waals surface area contributed by atoms with Crippen molar-refractivity contribution in [3.05, 3.63) is 53.9 Å². The summed E-state index contributed by atoms with van der Waals surface area (Å²) < 4.78 is 12.8. The summed E-state index contributed by atoms with van der Waals surface area (Å²) in [6, 6.07) is 6.30. The monoisotopic (exact) mass is 232 g/mol. The molecule has 90 valence electrons. The topological polar surface area (TPSA) is 20.2 Å². The van der Waals surface area contributed by atoms with E-state index in [1.807, 2.05) is 0 Å². The van der Waals surface area contributed by atoms with Crippen molar-refractivity contribution in [2.75, 3.05) is 6.61 Å². The van der Waals surface area contributed by atoms with E-state index in [1.165, 1.54) is 12.1 Å². The Labute approximate surface area is 101 Å². The second kappa shape index (κ2) is 5.78. The fraction of sp³-hybridized carbons (Fsp3) is 0.333. The third-order valence-electron chi connectivity index (χ3n) is 3.13. The molecule has 1 nitrogen and oxygen atoms in total. The van der Waals surface area contributed by atoms with Crippen LogP contribution in [0.1, 0.15) is 24.8 Å². The molecule has 1 aliphatic rings. The molecule has 1 aliphatic carbocycles. The van der Waals surface area contributed by atoms with E-state index in [0.29, 0.717) is 5.92 Å². The molecule has 2 heteroatoms. The molecule has 2 rings (SSSR count). The summed E-state index contributed by atoms with van der Waals surface area (Å²) in [7, 11) is 0. The number of aliphatic hydroxyl groups excluding tert-OH is 1. The molecule has 0 aromatic heterocycles. The molecule has 0 saturated carbocycles. The van der Waals surface area contributed by atoms with E-state index in [4.69, 9.17) is 0 Å². The van der Waals surface area contributed by atoms with E-state index >= 15 is 0 Å². The lowest BCUT2D eigenvalue weighted by Gasteiger charge is -2.15. The first-order valence-corrected chi connectivity index (χ1v) is 6.02. The number of aliphatic hydroxyl groups is 1. The van der Waals surface area contributed by atoms with Gasteiger partial charge in [0.15, 0.2) is 0 Å². The zero-order chi connectivity index (χ0) is 12.1. The molecule has 0 spiro atoms. The van der Waals surface area contributed by atoms with Crippen LogP contribution in [0.25, 0.3) is 5.57 Å². The summed E-state index contributed by atoms with van der Waals surface area (Å²) in [4.78, 5) is 0. The maximum absolute atomic E-state index is 12.8. The van der Waals surface area contributed by atoms with Gasteiger partial charge in [-0.2, -0.15) is 0 Å². The number of allylic oxidation sites excluding steroid dienone is 3. The summed E-state index contributed by atoms with van der Waals surface area (Å²) in [5, 5.41) is 9.40. The Morgan fingerprint density at radius 3 is 2.65 bits per heavy atom. The quantitative estimate of drug-likeness (QED) is 0.790. The van der Waals surface area contributed by atoms with Gasteiger partial charge in [0.2, 0.25) is 0 Å². The number of hydrogen-bond acceptors (Lipinski definition) is 1. The fourth-order valence-corrected chi connectivity index (χ4v) is 2.16. The number of halogens is 1. The van der Waals surface area contributed by atoms with Gasteiger partial charge in [0, 0.05) is 0 Å². The SMILES string of the molecule is OC/C(=C\C1CC=CCC1)c1ccc(F)cc1. The zero-order valence-corrected chi connectivity index (χ0v) is 9.77. The smallest absolute Gasteiger partial charge is 0.123 e. The summed E-state index contributed by atoms with van der Waals surface area (Å²) in [5.41, 5.74) is 1.80. The van der Waals surface area contributed by atoms with Gasteiger partial charge in [-0.3, -0.25) is 0 Å². The highest BCUT2D eigenvalue weighted by Gasteiger charge is 2.09. The predicted molar refractivity (Wildman–Crippen MR) is 67.9 cm³/mol. The van der Waals surface area contributed by atoms with Gasteiger partial charge in [0.05, 0.1) is 6.61 Å². The van der Waals surface area contributed by atoms with Crippen LogP contribution in [0, 0.1) is 11.7 Å². The van der Waals surface area contributed by atoms with E-state index in [0.717, 1.165) is 30.4 Å². The van der Waals surface area contributed by atoms with Gasteiger partial charge in [-0.25, -0.2) is 4.39 Å². The minimum Gasteiger partial charge on any atom is -0.392 e. The first-order valence-electron chi connectivity index (χ1n) is 6.02. The van der Waals surface area contributed by atoms with Crippen LogP contribution in [0.3, 0.4) is 0 Å². The van der Waals surface area contributed by atoms with Crippen LogP contribution in [-0.4, -0.2) is 11.7 Å². The molecule has 0 amide bonds. The van der Waals surface area contributed by atoms with Gasteiger partial charge in [0.1, 0.15) is 5.82 Å². The van der Waals surface area contributed by atoms with Crippen LogP contribution < -0.4 is 0 Å². The third kappa shape index (κ3) is 3.27. The van der Waals surface area contributed by atoms with E-state index in [9.17, 15) is 9.50 Å². The highest BCUT2D eigenvalue weighted by atomic mass is 19.1. The average molecular weight is 232 g/mol. The standard InChI is InChI=1S/C15H17FO/c16-15-8-6-13(7-9-15)14(11-17)10-12-4-2-1-3-5-12/h1-2,6-10,12,17H,3-5,11H2/b14-10+. The van der Waals surface area contributed by atoms with Crippen molar-refractivity contribution >= 4 is 5.57 Å². The number of benzene rings is 1. The Morgan fingerprint density at radius 1 is 1.29 bits per heavy atom. The van der Waals surface area contributed by atoms with E-state index in [-0.39, 0.29) is 12.4 Å². The summed E-state index contributed by atoms with van der Waals surface area (Å²) in [5.74, 6) is 0.249. The van der Waals surface area contributed by atoms with Gasteiger partial charge in [0.25, 0.3) is 0 Å². The van der Waals surface area contributed by atoms with Crippen LogP contribution in [0.2, 0.25) is 0 Å². The normalized spacial score (nSPS) is 20.6. The third-order valence-corrected chi connectivity index (χ3v) is 3.13. The van der Waals surface area contributed by atoms with Crippen LogP contribution in [0.4, 0.5) is 4.39 Å². The van der Waals surface area contributed by atoms with E-state index in [2.05, 4.69) is 18.2 Å². The van der Waals surface area contributed by atoms with Crippen LogP contribution >= 0.6 is 0 Å². The molecule has 0 heterocycles. The molecule has 0 fully saturated rings. The predicted octanol–water partition coefficient (Wildman–Crippen LogP) is 3.56. The lowest BCUT2D eigenvalue weighted by molar-refractivity contribution is 0.349. The molecule has 17 heavy (non-hydrogen) atoms. The van der Waals surface area contributed by atoms with Crippen molar-refractivity contribution < 1.29 is 9.50 Å². The highest BCUT2D eigenvalue weighted by molar-refractivity contribution is 5.66. The second-order valence-corrected chi connectivity index (χ2v) is 4.40. The molecule has 0 aliphatic heterocycles. The van der Waals surface area contributed by atoms with Gasteiger partial charge in [-0.1, -0.05) is 30.4 Å². The van der Waals surface area contributed by atoms with Crippen molar-refractivity contribution in [3.8, 4) is 0 Å².